The lowest BCUT2D eigenvalue weighted by molar-refractivity contribution is -0.137. The van der Waals surface area contributed by atoms with Crippen molar-refractivity contribution in [2.75, 3.05) is 19.5 Å². The Morgan fingerprint density at radius 2 is 2.04 bits per heavy atom. The second kappa shape index (κ2) is 8.09. The van der Waals surface area contributed by atoms with Gasteiger partial charge in [0.1, 0.15) is 11.5 Å². The van der Waals surface area contributed by atoms with Gasteiger partial charge in [-0.25, -0.2) is 9.97 Å². The molecule has 2 aromatic carbocycles. The fourth-order valence-electron chi connectivity index (χ4n) is 2.69. The summed E-state index contributed by atoms with van der Waals surface area (Å²) in [5.41, 5.74) is 7.86. The Kier molecular flexibility index (Phi) is 5.61. The number of methoxy groups -OCH3 is 1. The molecule has 3 rings (SSSR count). The number of hydrogen-bond donors (Lipinski definition) is 2. The smallest absolute Gasteiger partial charge is 0.303 e. The van der Waals surface area contributed by atoms with Crippen molar-refractivity contribution in [3.05, 3.63) is 41.4 Å². The van der Waals surface area contributed by atoms with E-state index in [2.05, 4.69) is 9.97 Å². The van der Waals surface area contributed by atoms with Gasteiger partial charge in [-0.3, -0.25) is 4.79 Å². The van der Waals surface area contributed by atoms with Crippen LogP contribution >= 0.6 is 11.6 Å². The van der Waals surface area contributed by atoms with Gasteiger partial charge in [-0.15, -0.1) is 0 Å². The number of rotatable bonds is 7. The zero-order valence-electron chi connectivity index (χ0n) is 14.6. The van der Waals surface area contributed by atoms with E-state index in [9.17, 15) is 4.79 Å². The number of hydrogen-bond acceptors (Lipinski definition) is 6. The Bertz CT molecular complexity index is 994. The minimum atomic E-state index is -0.849. The summed E-state index contributed by atoms with van der Waals surface area (Å²) in [7, 11) is 1.55. The zero-order valence-corrected chi connectivity index (χ0v) is 15.4. The van der Waals surface area contributed by atoms with Crippen molar-refractivity contribution in [2.45, 2.75) is 12.8 Å². The van der Waals surface area contributed by atoms with Crippen LogP contribution in [0.4, 0.5) is 5.95 Å². The summed E-state index contributed by atoms with van der Waals surface area (Å²) in [5, 5.41) is 10.00. The number of halogens is 1. The number of nitrogens with zero attached hydrogens (tertiary/aromatic N) is 2. The van der Waals surface area contributed by atoms with Crippen LogP contribution in [0.15, 0.2) is 36.4 Å². The molecule has 0 radical (unpaired) electrons. The van der Waals surface area contributed by atoms with Gasteiger partial charge < -0.3 is 20.3 Å². The largest absolute Gasteiger partial charge is 0.496 e. The van der Waals surface area contributed by atoms with Gasteiger partial charge in [0.15, 0.2) is 0 Å². The summed E-state index contributed by atoms with van der Waals surface area (Å²) in [6.07, 6.45) is 0.479. The number of anilines is 1. The van der Waals surface area contributed by atoms with Gasteiger partial charge in [-0.1, -0.05) is 11.6 Å². The average molecular weight is 388 g/mol. The molecule has 140 valence electrons. The number of nitrogen functional groups attached to an aromatic ring is 1. The Hall–Kier alpha value is -3.06. The zero-order chi connectivity index (χ0) is 19.4. The van der Waals surface area contributed by atoms with E-state index in [-0.39, 0.29) is 12.4 Å². The molecule has 1 aromatic heterocycles. The van der Waals surface area contributed by atoms with Crippen LogP contribution in [0.25, 0.3) is 22.2 Å². The van der Waals surface area contributed by atoms with Crippen molar-refractivity contribution >= 4 is 34.4 Å². The lowest BCUT2D eigenvalue weighted by Crippen LogP contribution is -2.03. The third-order valence-electron chi connectivity index (χ3n) is 3.91. The molecule has 7 nitrogen and oxygen atoms in total. The number of carboxylic acid groups (broad SMARTS) is 1. The highest BCUT2D eigenvalue weighted by Gasteiger charge is 2.15. The number of ether oxygens (including phenoxy) is 2. The van der Waals surface area contributed by atoms with Crippen molar-refractivity contribution in [3.8, 4) is 22.8 Å². The molecule has 0 aliphatic rings. The van der Waals surface area contributed by atoms with Crippen LogP contribution in [0, 0.1) is 0 Å². The van der Waals surface area contributed by atoms with Crippen LogP contribution in [0.2, 0.25) is 5.02 Å². The molecule has 0 bridgehead atoms. The molecule has 0 unspecified atom stereocenters. The second-order valence-corrected chi connectivity index (χ2v) is 6.24. The predicted molar refractivity (Wildman–Crippen MR) is 103 cm³/mol. The highest BCUT2D eigenvalue weighted by atomic mass is 35.5. The van der Waals surface area contributed by atoms with Crippen molar-refractivity contribution in [2.24, 2.45) is 0 Å². The Labute approximate surface area is 160 Å². The molecule has 8 heteroatoms. The number of carboxylic acids is 1. The lowest BCUT2D eigenvalue weighted by atomic mass is 10.1. The van der Waals surface area contributed by atoms with Crippen LogP contribution < -0.4 is 15.2 Å². The van der Waals surface area contributed by atoms with Gasteiger partial charge in [0.2, 0.25) is 5.95 Å². The summed E-state index contributed by atoms with van der Waals surface area (Å²) in [6.45, 7) is 0.299. The maximum absolute atomic E-state index is 10.6. The van der Waals surface area contributed by atoms with Gasteiger partial charge in [0.25, 0.3) is 0 Å². The quantitative estimate of drug-likeness (QED) is 0.594. The van der Waals surface area contributed by atoms with Crippen LogP contribution in [-0.4, -0.2) is 34.8 Å². The second-order valence-electron chi connectivity index (χ2n) is 5.80. The van der Waals surface area contributed by atoms with Crippen LogP contribution in [-0.2, 0) is 4.79 Å². The highest BCUT2D eigenvalue weighted by molar-refractivity contribution is 6.31. The lowest BCUT2D eigenvalue weighted by Gasteiger charge is -2.13. The number of benzene rings is 2. The molecule has 3 aromatic rings. The molecular weight excluding hydrogens is 370 g/mol. The molecule has 0 aliphatic carbocycles. The van der Waals surface area contributed by atoms with E-state index in [4.69, 9.17) is 31.9 Å². The fourth-order valence-corrected chi connectivity index (χ4v) is 2.87. The van der Waals surface area contributed by atoms with Crippen LogP contribution in [0.1, 0.15) is 12.8 Å². The Morgan fingerprint density at radius 1 is 1.22 bits per heavy atom. The Balaban J connectivity index is 1.96. The molecule has 0 amide bonds. The van der Waals surface area contributed by atoms with Crippen molar-refractivity contribution in [3.63, 3.8) is 0 Å². The van der Waals surface area contributed by atoms with Crippen molar-refractivity contribution < 1.29 is 19.4 Å². The van der Waals surface area contributed by atoms with E-state index in [1.807, 2.05) is 6.07 Å². The van der Waals surface area contributed by atoms with Crippen LogP contribution in [0.5, 0.6) is 11.5 Å². The third-order valence-corrected chi connectivity index (χ3v) is 4.14. The molecule has 0 spiro atoms. The molecule has 0 atom stereocenters. The summed E-state index contributed by atoms with van der Waals surface area (Å²) >= 11 is 6.13. The van der Waals surface area contributed by atoms with E-state index in [1.54, 1.807) is 37.4 Å². The standard InChI is InChI=1S/C19H18ClN3O4/c1-26-16-10-12(27-8-2-3-17(24)25)5-6-13(16)18-14-9-11(20)4-7-15(14)22-19(21)23-18/h4-7,9-10H,2-3,8H2,1H3,(H,24,25)(H2,21,22,23). The summed E-state index contributed by atoms with van der Waals surface area (Å²) < 4.78 is 11.1. The first kappa shape index (κ1) is 18.7. The number of carbonyl (C=O) groups is 1. The topological polar surface area (TPSA) is 108 Å². The van der Waals surface area contributed by atoms with Gasteiger partial charge in [0.05, 0.1) is 24.9 Å². The fraction of sp³-hybridized carbons (Fsp3) is 0.211. The molecule has 0 saturated carbocycles. The number of aromatic nitrogens is 2. The highest BCUT2D eigenvalue weighted by Crippen LogP contribution is 2.36. The number of fused-ring (bicyclic) bond motifs is 1. The van der Waals surface area contributed by atoms with E-state index < -0.39 is 5.97 Å². The van der Waals surface area contributed by atoms with E-state index in [1.165, 1.54) is 0 Å². The van der Waals surface area contributed by atoms with Gasteiger partial charge in [0, 0.05) is 28.5 Å². The van der Waals surface area contributed by atoms with E-state index >= 15 is 0 Å². The minimum absolute atomic E-state index is 0.0577. The summed E-state index contributed by atoms with van der Waals surface area (Å²) in [6, 6.07) is 10.6. The van der Waals surface area contributed by atoms with Crippen molar-refractivity contribution in [1.29, 1.82) is 0 Å². The first-order valence-corrected chi connectivity index (χ1v) is 8.61. The van der Waals surface area contributed by atoms with Crippen molar-refractivity contribution in [1.82, 2.24) is 9.97 Å². The SMILES string of the molecule is COc1cc(OCCCC(=O)O)ccc1-c1nc(N)nc2ccc(Cl)cc12. The maximum atomic E-state index is 10.6. The van der Waals surface area contributed by atoms with Gasteiger partial charge in [-0.05, 0) is 36.8 Å². The average Bonchev–Trinajstić information content (AvgIpc) is 2.64. The molecule has 1 heterocycles. The number of aliphatic carboxylic acids is 1. The molecule has 0 saturated heterocycles. The summed E-state index contributed by atoms with van der Waals surface area (Å²) in [5.74, 6) is 0.421. The normalized spacial score (nSPS) is 10.7. The first-order valence-electron chi connectivity index (χ1n) is 8.23. The van der Waals surface area contributed by atoms with E-state index in [0.717, 1.165) is 10.9 Å². The van der Waals surface area contributed by atoms with E-state index in [0.29, 0.717) is 40.8 Å². The third kappa shape index (κ3) is 4.38. The molecule has 27 heavy (non-hydrogen) atoms. The molecular formula is C19H18ClN3O4. The van der Waals surface area contributed by atoms with Crippen LogP contribution in [0.3, 0.4) is 0 Å². The first-order chi connectivity index (χ1) is 13.0. The molecule has 0 fully saturated rings. The number of nitrogens with two attached hydrogens (primary N) is 1. The summed E-state index contributed by atoms with van der Waals surface area (Å²) in [4.78, 5) is 19.2. The molecule has 0 aliphatic heterocycles. The Morgan fingerprint density at radius 3 is 2.78 bits per heavy atom. The predicted octanol–water partition coefficient (Wildman–Crippen LogP) is 3.78. The minimum Gasteiger partial charge on any atom is -0.496 e. The molecule has 3 N–H and O–H groups in total. The monoisotopic (exact) mass is 387 g/mol. The van der Waals surface area contributed by atoms with Gasteiger partial charge in [-0.2, -0.15) is 0 Å². The maximum Gasteiger partial charge on any atom is 0.303 e. The van der Waals surface area contributed by atoms with Gasteiger partial charge >= 0.3 is 5.97 Å².